The standard InChI is InChI=1S/C6H8O5/c1-10-5(8)3-4(7)6(9)11-2/h3H2,1-2H3. The van der Waals surface area contributed by atoms with Crippen LogP contribution in [0.4, 0.5) is 0 Å². The van der Waals surface area contributed by atoms with Gasteiger partial charge in [0.25, 0.3) is 5.78 Å². The molecule has 0 spiro atoms. The molecule has 0 aliphatic rings. The van der Waals surface area contributed by atoms with E-state index in [1.165, 1.54) is 0 Å². The highest BCUT2D eigenvalue weighted by atomic mass is 16.5. The van der Waals surface area contributed by atoms with E-state index in [0.29, 0.717) is 0 Å². The van der Waals surface area contributed by atoms with Gasteiger partial charge < -0.3 is 9.47 Å². The molecule has 0 heterocycles. The molecule has 0 bridgehead atoms. The zero-order valence-corrected chi connectivity index (χ0v) is 6.25. The van der Waals surface area contributed by atoms with Gasteiger partial charge in [-0.15, -0.1) is 0 Å². The van der Waals surface area contributed by atoms with Gasteiger partial charge in [0, 0.05) is 0 Å². The highest BCUT2D eigenvalue weighted by molar-refractivity contribution is 6.36. The van der Waals surface area contributed by atoms with Crippen LogP contribution in [0, 0.1) is 0 Å². The van der Waals surface area contributed by atoms with Crippen LogP contribution >= 0.6 is 0 Å². The van der Waals surface area contributed by atoms with Crippen LogP contribution in [0.25, 0.3) is 0 Å². The Labute approximate surface area is 63.3 Å². The van der Waals surface area contributed by atoms with Crippen molar-refractivity contribution in [2.75, 3.05) is 14.2 Å². The first-order valence-electron chi connectivity index (χ1n) is 2.79. The van der Waals surface area contributed by atoms with E-state index in [9.17, 15) is 14.4 Å². The molecule has 5 heteroatoms. The lowest BCUT2D eigenvalue weighted by atomic mass is 10.3. The number of ketones is 1. The van der Waals surface area contributed by atoms with E-state index >= 15 is 0 Å². The summed E-state index contributed by atoms with van der Waals surface area (Å²) in [6.07, 6.45) is -0.566. The largest absolute Gasteiger partial charge is 0.469 e. The number of hydrogen-bond donors (Lipinski definition) is 0. The van der Waals surface area contributed by atoms with Crippen LogP contribution in [-0.4, -0.2) is 31.9 Å². The van der Waals surface area contributed by atoms with Crippen molar-refractivity contribution in [3.8, 4) is 0 Å². The quantitative estimate of drug-likeness (QED) is 0.310. The molecule has 0 amide bonds. The van der Waals surface area contributed by atoms with Gasteiger partial charge in [0.15, 0.2) is 0 Å². The highest BCUT2D eigenvalue weighted by Gasteiger charge is 2.17. The molecule has 0 saturated carbocycles. The van der Waals surface area contributed by atoms with Gasteiger partial charge in [0.05, 0.1) is 14.2 Å². The van der Waals surface area contributed by atoms with Crippen molar-refractivity contribution in [2.45, 2.75) is 6.42 Å². The van der Waals surface area contributed by atoms with Gasteiger partial charge in [-0.1, -0.05) is 0 Å². The number of hydrogen-bond acceptors (Lipinski definition) is 5. The Morgan fingerprint density at radius 3 is 2.00 bits per heavy atom. The Bertz CT molecular complexity index is 183. The summed E-state index contributed by atoms with van der Waals surface area (Å²) >= 11 is 0. The van der Waals surface area contributed by atoms with Crippen LogP contribution < -0.4 is 0 Å². The van der Waals surface area contributed by atoms with Gasteiger partial charge in [-0.3, -0.25) is 9.59 Å². The monoisotopic (exact) mass is 160 g/mol. The second-order valence-corrected chi connectivity index (χ2v) is 1.67. The average Bonchev–Trinajstić information content (AvgIpc) is 2.02. The van der Waals surface area contributed by atoms with Gasteiger partial charge in [0.1, 0.15) is 6.42 Å². The Morgan fingerprint density at radius 2 is 1.64 bits per heavy atom. The summed E-state index contributed by atoms with van der Waals surface area (Å²) in [4.78, 5) is 31.3. The molecular weight excluding hydrogens is 152 g/mol. The van der Waals surface area contributed by atoms with Crippen LogP contribution in [0.2, 0.25) is 0 Å². The van der Waals surface area contributed by atoms with Gasteiger partial charge in [-0.05, 0) is 0 Å². The molecule has 62 valence electrons. The smallest absolute Gasteiger partial charge is 0.374 e. The van der Waals surface area contributed by atoms with E-state index < -0.39 is 24.1 Å². The minimum atomic E-state index is -1.03. The summed E-state index contributed by atoms with van der Waals surface area (Å²) in [6, 6.07) is 0. The number of methoxy groups -OCH3 is 2. The van der Waals surface area contributed by atoms with Crippen LogP contribution in [0.3, 0.4) is 0 Å². The van der Waals surface area contributed by atoms with E-state index in [4.69, 9.17) is 0 Å². The van der Waals surface area contributed by atoms with Crippen LogP contribution in [0.15, 0.2) is 0 Å². The molecule has 0 rings (SSSR count). The zero-order valence-electron chi connectivity index (χ0n) is 6.25. The molecule has 0 aliphatic heterocycles. The van der Waals surface area contributed by atoms with Crippen molar-refractivity contribution in [1.82, 2.24) is 0 Å². The third kappa shape index (κ3) is 3.34. The lowest BCUT2D eigenvalue weighted by Crippen LogP contribution is -2.19. The molecule has 0 saturated heterocycles. The lowest BCUT2D eigenvalue weighted by molar-refractivity contribution is -0.155. The van der Waals surface area contributed by atoms with Crippen LogP contribution in [0.1, 0.15) is 6.42 Å². The molecular formula is C6H8O5. The third-order valence-corrected chi connectivity index (χ3v) is 0.946. The summed E-state index contributed by atoms with van der Waals surface area (Å²) in [6.45, 7) is 0. The molecule has 0 aromatic rings. The minimum absolute atomic E-state index is 0.566. The van der Waals surface area contributed by atoms with Crippen LogP contribution in [0.5, 0.6) is 0 Å². The fourth-order valence-corrected chi connectivity index (χ4v) is 0.389. The normalized spacial score (nSPS) is 8.55. The number of Topliss-reactive ketones (excluding diaryl/α,β-unsaturated/α-hetero) is 1. The predicted molar refractivity (Wildman–Crippen MR) is 33.7 cm³/mol. The van der Waals surface area contributed by atoms with E-state index in [1.807, 2.05) is 0 Å². The molecule has 0 atom stereocenters. The Kier molecular flexibility index (Phi) is 3.87. The maximum atomic E-state index is 10.6. The van der Waals surface area contributed by atoms with E-state index in [1.54, 1.807) is 0 Å². The molecule has 11 heavy (non-hydrogen) atoms. The lowest BCUT2D eigenvalue weighted by Gasteiger charge is -1.96. The Morgan fingerprint density at radius 1 is 1.09 bits per heavy atom. The third-order valence-electron chi connectivity index (χ3n) is 0.946. The van der Waals surface area contributed by atoms with E-state index in [-0.39, 0.29) is 0 Å². The molecule has 0 fully saturated rings. The first-order chi connectivity index (χ1) is 5.11. The van der Waals surface area contributed by atoms with Crippen molar-refractivity contribution in [3.63, 3.8) is 0 Å². The first-order valence-corrected chi connectivity index (χ1v) is 2.79. The van der Waals surface area contributed by atoms with Crippen molar-refractivity contribution >= 4 is 17.7 Å². The maximum absolute atomic E-state index is 10.6. The van der Waals surface area contributed by atoms with Crippen molar-refractivity contribution in [2.24, 2.45) is 0 Å². The van der Waals surface area contributed by atoms with Gasteiger partial charge in [-0.2, -0.15) is 0 Å². The van der Waals surface area contributed by atoms with Crippen molar-refractivity contribution in [1.29, 1.82) is 0 Å². The second kappa shape index (κ2) is 4.43. The molecule has 0 aliphatic carbocycles. The molecule has 0 unspecified atom stereocenters. The fourth-order valence-electron chi connectivity index (χ4n) is 0.389. The number of carbonyl (C=O) groups is 3. The number of carbonyl (C=O) groups excluding carboxylic acids is 3. The topological polar surface area (TPSA) is 69.7 Å². The minimum Gasteiger partial charge on any atom is -0.469 e. The predicted octanol–water partition coefficient (Wildman–Crippen LogP) is -0.708. The maximum Gasteiger partial charge on any atom is 0.374 e. The highest BCUT2D eigenvalue weighted by Crippen LogP contribution is 1.88. The molecule has 0 radical (unpaired) electrons. The molecule has 0 aromatic heterocycles. The van der Waals surface area contributed by atoms with Crippen molar-refractivity contribution in [3.05, 3.63) is 0 Å². The van der Waals surface area contributed by atoms with Gasteiger partial charge >= 0.3 is 11.9 Å². The van der Waals surface area contributed by atoms with E-state index in [0.717, 1.165) is 14.2 Å². The zero-order chi connectivity index (χ0) is 8.85. The summed E-state index contributed by atoms with van der Waals surface area (Å²) in [5.74, 6) is -2.69. The van der Waals surface area contributed by atoms with E-state index in [2.05, 4.69) is 9.47 Å². The van der Waals surface area contributed by atoms with Crippen molar-refractivity contribution < 1.29 is 23.9 Å². The summed E-state index contributed by atoms with van der Waals surface area (Å²) in [5.41, 5.74) is 0. The summed E-state index contributed by atoms with van der Waals surface area (Å²) in [7, 11) is 2.20. The SMILES string of the molecule is COC(=O)CC(=O)C(=O)OC. The fraction of sp³-hybridized carbons (Fsp3) is 0.500. The molecule has 0 aromatic carbocycles. The average molecular weight is 160 g/mol. The number of rotatable bonds is 3. The number of ether oxygens (including phenoxy) is 2. The number of esters is 2. The Hall–Kier alpha value is -1.39. The summed E-state index contributed by atoms with van der Waals surface area (Å²) < 4.78 is 8.21. The molecule has 5 nitrogen and oxygen atoms in total. The second-order valence-electron chi connectivity index (χ2n) is 1.67. The van der Waals surface area contributed by atoms with Crippen LogP contribution in [-0.2, 0) is 23.9 Å². The van der Waals surface area contributed by atoms with Gasteiger partial charge in [-0.25, -0.2) is 4.79 Å². The first kappa shape index (κ1) is 9.61. The molecule has 0 N–H and O–H groups in total. The Balaban J connectivity index is 3.88. The van der Waals surface area contributed by atoms with Gasteiger partial charge in [0.2, 0.25) is 0 Å². The summed E-state index contributed by atoms with van der Waals surface area (Å²) in [5, 5.41) is 0.